The molecule has 0 unspecified atom stereocenters. The van der Waals surface area contributed by atoms with Crippen molar-refractivity contribution in [1.82, 2.24) is 15.2 Å². The normalized spacial score (nSPS) is 13.6. The molecule has 6 nitrogen and oxygen atoms in total. The third kappa shape index (κ3) is 5.50. The van der Waals surface area contributed by atoms with Gasteiger partial charge in [-0.15, -0.1) is 0 Å². The molecule has 1 fully saturated rings. The highest BCUT2D eigenvalue weighted by Gasteiger charge is 2.23. The molecule has 4 aromatic rings. The summed E-state index contributed by atoms with van der Waals surface area (Å²) >= 11 is 6.01. The van der Waals surface area contributed by atoms with Gasteiger partial charge in [0.05, 0.1) is 5.56 Å². The zero-order valence-electron chi connectivity index (χ0n) is 19.9. The van der Waals surface area contributed by atoms with E-state index < -0.39 is 0 Å². The molecule has 5 rings (SSSR count). The number of aromatic nitrogens is 1. The van der Waals surface area contributed by atoms with Crippen LogP contribution in [0.2, 0.25) is 5.02 Å². The van der Waals surface area contributed by atoms with E-state index in [1.807, 2.05) is 77.7 Å². The van der Waals surface area contributed by atoms with E-state index in [2.05, 4.69) is 15.2 Å². The first-order valence-electron chi connectivity index (χ1n) is 12.1. The van der Waals surface area contributed by atoms with Crippen molar-refractivity contribution >= 4 is 40.0 Å². The zero-order chi connectivity index (χ0) is 24.9. The third-order valence-electron chi connectivity index (χ3n) is 6.49. The van der Waals surface area contributed by atoms with E-state index in [1.165, 1.54) is 0 Å². The first-order chi connectivity index (χ1) is 17.6. The minimum atomic E-state index is -0.151. The Morgan fingerprint density at radius 3 is 2.36 bits per heavy atom. The lowest BCUT2D eigenvalue weighted by Gasteiger charge is -2.35. The van der Waals surface area contributed by atoms with E-state index in [1.54, 1.807) is 12.3 Å². The second-order valence-corrected chi connectivity index (χ2v) is 9.32. The van der Waals surface area contributed by atoms with Crippen LogP contribution in [-0.2, 0) is 6.42 Å². The van der Waals surface area contributed by atoms with Gasteiger partial charge in [-0.25, -0.2) is 4.98 Å². The van der Waals surface area contributed by atoms with Crippen LogP contribution >= 0.6 is 11.6 Å². The summed E-state index contributed by atoms with van der Waals surface area (Å²) < 4.78 is 0. The topological polar surface area (TPSA) is 65.5 Å². The van der Waals surface area contributed by atoms with E-state index in [9.17, 15) is 9.59 Å². The van der Waals surface area contributed by atoms with Crippen LogP contribution in [-0.4, -0.2) is 54.4 Å². The molecule has 0 atom stereocenters. The van der Waals surface area contributed by atoms with Gasteiger partial charge in [0, 0.05) is 49.5 Å². The van der Waals surface area contributed by atoms with Gasteiger partial charge in [0.1, 0.15) is 5.82 Å². The Morgan fingerprint density at radius 1 is 0.833 bits per heavy atom. The van der Waals surface area contributed by atoms with E-state index in [4.69, 9.17) is 11.6 Å². The number of carbonyl (C=O) groups is 2. The lowest BCUT2D eigenvalue weighted by Crippen LogP contribution is -2.49. The van der Waals surface area contributed by atoms with Gasteiger partial charge in [-0.2, -0.15) is 0 Å². The van der Waals surface area contributed by atoms with Gasteiger partial charge in [0.15, 0.2) is 0 Å². The Labute approximate surface area is 215 Å². The largest absolute Gasteiger partial charge is 0.353 e. The lowest BCUT2D eigenvalue weighted by molar-refractivity contribution is 0.0746. The number of fused-ring (bicyclic) bond motifs is 1. The van der Waals surface area contributed by atoms with Crippen molar-refractivity contribution in [3.05, 3.63) is 107 Å². The van der Waals surface area contributed by atoms with Crippen LogP contribution in [0.25, 0.3) is 10.8 Å². The summed E-state index contributed by atoms with van der Waals surface area (Å²) in [6.45, 7) is 3.15. The van der Waals surface area contributed by atoms with Crippen molar-refractivity contribution in [1.29, 1.82) is 0 Å². The van der Waals surface area contributed by atoms with Crippen molar-refractivity contribution in [2.24, 2.45) is 0 Å². The Bertz CT molecular complexity index is 1380. The van der Waals surface area contributed by atoms with Gasteiger partial charge in [0.2, 0.25) is 0 Å². The molecule has 1 aromatic heterocycles. The Hall–Kier alpha value is -3.90. The average molecular weight is 499 g/mol. The molecule has 2 heterocycles. The standard InChI is InChI=1S/C29H27ClN4O2/c30-26-7-3-4-21(18-26)12-13-31-28(35)25-10-11-27(32-20-25)33-14-16-34(17-15-33)29(36)24-9-8-22-5-1-2-6-23(22)19-24/h1-11,18-20H,12-17H2,(H,31,35). The van der Waals surface area contributed by atoms with Crippen molar-refractivity contribution in [2.75, 3.05) is 37.6 Å². The predicted octanol–water partition coefficient (Wildman–Crippen LogP) is 4.82. The average Bonchev–Trinajstić information content (AvgIpc) is 2.92. The van der Waals surface area contributed by atoms with Crippen molar-refractivity contribution in [3.63, 3.8) is 0 Å². The summed E-state index contributed by atoms with van der Waals surface area (Å²) in [5.74, 6) is 0.711. The third-order valence-corrected chi connectivity index (χ3v) is 6.72. The minimum absolute atomic E-state index is 0.0538. The quantitative estimate of drug-likeness (QED) is 0.414. The summed E-state index contributed by atoms with van der Waals surface area (Å²) in [6.07, 6.45) is 2.32. The molecular weight excluding hydrogens is 472 g/mol. The summed E-state index contributed by atoms with van der Waals surface area (Å²) in [5.41, 5.74) is 2.32. The molecule has 1 aliphatic rings. The van der Waals surface area contributed by atoms with Gasteiger partial charge in [-0.3, -0.25) is 9.59 Å². The number of benzene rings is 3. The molecule has 1 N–H and O–H groups in total. The molecule has 3 aromatic carbocycles. The molecule has 7 heteroatoms. The van der Waals surface area contributed by atoms with Gasteiger partial charge in [-0.05, 0) is 59.2 Å². The second kappa shape index (κ2) is 10.8. The van der Waals surface area contributed by atoms with Crippen molar-refractivity contribution < 1.29 is 9.59 Å². The van der Waals surface area contributed by atoms with Crippen LogP contribution in [0, 0.1) is 0 Å². The second-order valence-electron chi connectivity index (χ2n) is 8.88. The number of amides is 2. The maximum atomic E-state index is 13.0. The van der Waals surface area contributed by atoms with Crippen molar-refractivity contribution in [2.45, 2.75) is 6.42 Å². The van der Waals surface area contributed by atoms with E-state index in [-0.39, 0.29) is 11.8 Å². The predicted molar refractivity (Wildman–Crippen MR) is 144 cm³/mol. The monoisotopic (exact) mass is 498 g/mol. The molecule has 0 spiro atoms. The van der Waals surface area contributed by atoms with Crippen LogP contribution < -0.4 is 10.2 Å². The number of halogens is 1. The van der Waals surface area contributed by atoms with Crippen LogP contribution in [0.3, 0.4) is 0 Å². The highest BCUT2D eigenvalue weighted by Crippen LogP contribution is 2.19. The molecule has 182 valence electrons. The summed E-state index contributed by atoms with van der Waals surface area (Å²) in [7, 11) is 0. The Morgan fingerprint density at radius 2 is 1.61 bits per heavy atom. The molecule has 0 radical (unpaired) electrons. The van der Waals surface area contributed by atoms with E-state index in [0.29, 0.717) is 55.3 Å². The molecule has 0 saturated carbocycles. The first kappa shape index (κ1) is 23.8. The summed E-state index contributed by atoms with van der Waals surface area (Å²) in [6, 6.07) is 25.2. The Kier molecular flexibility index (Phi) is 7.14. The highest BCUT2D eigenvalue weighted by molar-refractivity contribution is 6.30. The fraction of sp³-hybridized carbons (Fsp3) is 0.207. The number of hydrogen-bond donors (Lipinski definition) is 1. The molecular formula is C29H27ClN4O2. The number of anilines is 1. The fourth-order valence-electron chi connectivity index (χ4n) is 4.47. The van der Waals surface area contributed by atoms with Gasteiger partial charge >= 0.3 is 0 Å². The molecule has 1 aliphatic heterocycles. The van der Waals surface area contributed by atoms with Crippen LogP contribution in [0.1, 0.15) is 26.3 Å². The number of rotatable bonds is 6. The van der Waals surface area contributed by atoms with E-state index in [0.717, 1.165) is 22.2 Å². The van der Waals surface area contributed by atoms with Gasteiger partial charge in [0.25, 0.3) is 11.8 Å². The minimum Gasteiger partial charge on any atom is -0.353 e. The Balaban J connectivity index is 1.13. The highest BCUT2D eigenvalue weighted by atomic mass is 35.5. The smallest absolute Gasteiger partial charge is 0.253 e. The molecule has 0 aliphatic carbocycles. The summed E-state index contributed by atoms with van der Waals surface area (Å²) in [4.78, 5) is 34.1. The van der Waals surface area contributed by atoms with Crippen LogP contribution in [0.15, 0.2) is 85.1 Å². The van der Waals surface area contributed by atoms with Gasteiger partial charge in [-0.1, -0.05) is 54.1 Å². The van der Waals surface area contributed by atoms with Gasteiger partial charge < -0.3 is 15.1 Å². The van der Waals surface area contributed by atoms with Crippen LogP contribution in [0.5, 0.6) is 0 Å². The SMILES string of the molecule is O=C(NCCc1cccc(Cl)c1)c1ccc(N2CCN(C(=O)c3ccc4ccccc4c3)CC2)nc1. The maximum Gasteiger partial charge on any atom is 0.253 e. The number of carbonyl (C=O) groups excluding carboxylic acids is 2. The number of hydrogen-bond acceptors (Lipinski definition) is 4. The maximum absolute atomic E-state index is 13.0. The molecule has 36 heavy (non-hydrogen) atoms. The molecule has 0 bridgehead atoms. The summed E-state index contributed by atoms with van der Waals surface area (Å²) in [5, 5.41) is 5.82. The van der Waals surface area contributed by atoms with Crippen LogP contribution in [0.4, 0.5) is 5.82 Å². The number of nitrogens with one attached hydrogen (secondary N) is 1. The molecule has 1 saturated heterocycles. The number of nitrogens with zero attached hydrogens (tertiary/aromatic N) is 3. The van der Waals surface area contributed by atoms with Crippen molar-refractivity contribution in [3.8, 4) is 0 Å². The first-order valence-corrected chi connectivity index (χ1v) is 12.5. The lowest BCUT2D eigenvalue weighted by atomic mass is 10.1. The number of pyridine rings is 1. The number of piperazine rings is 1. The zero-order valence-corrected chi connectivity index (χ0v) is 20.6. The molecule has 2 amide bonds. The fourth-order valence-corrected chi connectivity index (χ4v) is 4.68. The van der Waals surface area contributed by atoms with E-state index >= 15 is 0 Å².